The van der Waals surface area contributed by atoms with E-state index in [1.807, 2.05) is 13.2 Å². The molecule has 3 rings (SSSR count). The molecule has 0 aliphatic heterocycles. The van der Waals surface area contributed by atoms with Gasteiger partial charge < -0.3 is 4.74 Å². The van der Waals surface area contributed by atoms with Crippen molar-refractivity contribution in [2.45, 2.75) is 76.5 Å². The number of hydrogen-bond donors (Lipinski definition) is 0. The normalized spacial score (nSPS) is 29.7. The topological polar surface area (TPSA) is 9.23 Å². The second-order valence-electron chi connectivity index (χ2n) is 8.55. The molecular formula is C23H34Cl2O. The summed E-state index contributed by atoms with van der Waals surface area (Å²) < 4.78 is 5.17. The molecule has 1 nitrogen and oxygen atoms in total. The maximum absolute atomic E-state index is 6.21. The first-order valence-electron chi connectivity index (χ1n) is 10.6. The van der Waals surface area contributed by atoms with Gasteiger partial charge in [0.05, 0.1) is 10.0 Å². The van der Waals surface area contributed by atoms with Crippen LogP contribution in [-0.2, 0) is 4.74 Å². The van der Waals surface area contributed by atoms with Gasteiger partial charge in [0.2, 0.25) is 0 Å². The Bertz CT molecular complexity index is 543. The van der Waals surface area contributed by atoms with Gasteiger partial charge >= 0.3 is 0 Å². The molecule has 2 aliphatic rings. The maximum atomic E-state index is 6.21. The highest BCUT2D eigenvalue weighted by Crippen LogP contribution is 2.45. The lowest BCUT2D eigenvalue weighted by atomic mass is 9.68. The highest BCUT2D eigenvalue weighted by Gasteiger charge is 2.31. The van der Waals surface area contributed by atoms with Crippen molar-refractivity contribution in [3.05, 3.63) is 33.8 Å². The average molecular weight is 397 g/mol. The van der Waals surface area contributed by atoms with E-state index in [9.17, 15) is 0 Å². The van der Waals surface area contributed by atoms with Crippen LogP contribution in [0.2, 0.25) is 10.0 Å². The van der Waals surface area contributed by atoms with Gasteiger partial charge in [-0.05, 0) is 86.3 Å². The molecule has 0 aromatic heterocycles. The molecule has 26 heavy (non-hydrogen) atoms. The molecule has 2 fully saturated rings. The zero-order valence-corrected chi connectivity index (χ0v) is 17.7. The zero-order chi connectivity index (χ0) is 18.4. The fourth-order valence-corrected chi connectivity index (χ4v) is 5.62. The monoisotopic (exact) mass is 396 g/mol. The lowest BCUT2D eigenvalue weighted by Gasteiger charge is -2.38. The number of benzene rings is 1. The lowest BCUT2D eigenvalue weighted by Crippen LogP contribution is -2.25. The van der Waals surface area contributed by atoms with Crippen LogP contribution in [0.25, 0.3) is 0 Å². The Morgan fingerprint density at radius 2 is 1.50 bits per heavy atom. The van der Waals surface area contributed by atoms with Gasteiger partial charge in [0.25, 0.3) is 0 Å². The summed E-state index contributed by atoms with van der Waals surface area (Å²) in [6.07, 6.45) is 15.3. The Hall–Kier alpha value is -0.240. The van der Waals surface area contributed by atoms with E-state index in [2.05, 4.69) is 12.1 Å². The molecule has 0 amide bonds. The second-order valence-corrected chi connectivity index (χ2v) is 9.37. The van der Waals surface area contributed by atoms with Crippen molar-refractivity contribution in [2.75, 3.05) is 13.7 Å². The molecule has 1 aromatic carbocycles. The van der Waals surface area contributed by atoms with Crippen LogP contribution in [0.5, 0.6) is 0 Å². The molecule has 0 spiro atoms. The summed E-state index contributed by atoms with van der Waals surface area (Å²) >= 11 is 12.3. The molecule has 1 aromatic rings. The Morgan fingerprint density at radius 3 is 2.12 bits per heavy atom. The molecule has 0 unspecified atom stereocenters. The third kappa shape index (κ3) is 5.63. The zero-order valence-electron chi connectivity index (χ0n) is 16.2. The molecular weight excluding hydrogens is 363 g/mol. The summed E-state index contributed by atoms with van der Waals surface area (Å²) in [5.41, 5.74) is 1.39. The van der Waals surface area contributed by atoms with Gasteiger partial charge in [0.1, 0.15) is 0 Å². The third-order valence-electron chi connectivity index (χ3n) is 6.96. The first-order chi connectivity index (χ1) is 12.7. The molecule has 0 bridgehead atoms. The molecule has 2 saturated carbocycles. The molecule has 2 aliphatic carbocycles. The van der Waals surface area contributed by atoms with E-state index in [1.165, 1.54) is 76.2 Å². The van der Waals surface area contributed by atoms with E-state index >= 15 is 0 Å². The standard InChI is InChI=1S/C23H34Cl2O/c1-26-15-3-2-4-17-5-7-18(8-6-17)19-9-11-20(12-10-19)21-13-14-22(24)23(25)16-21/h13-14,16-20H,2-12,15H2,1H3/t17-,18-,19-,20-. The first-order valence-corrected chi connectivity index (χ1v) is 11.4. The minimum Gasteiger partial charge on any atom is -0.385 e. The highest BCUT2D eigenvalue weighted by molar-refractivity contribution is 6.42. The fraction of sp³-hybridized carbons (Fsp3) is 0.739. The van der Waals surface area contributed by atoms with Crippen LogP contribution in [0, 0.1) is 17.8 Å². The van der Waals surface area contributed by atoms with E-state index in [0.717, 1.165) is 24.4 Å². The predicted octanol–water partition coefficient (Wildman–Crippen LogP) is 7.89. The Labute approximate surface area is 169 Å². The average Bonchev–Trinajstić information content (AvgIpc) is 2.68. The largest absolute Gasteiger partial charge is 0.385 e. The summed E-state index contributed by atoms with van der Waals surface area (Å²) in [7, 11) is 1.81. The van der Waals surface area contributed by atoms with E-state index in [0.29, 0.717) is 16.0 Å². The quantitative estimate of drug-likeness (QED) is 0.425. The summed E-state index contributed by atoms with van der Waals surface area (Å²) in [5, 5.41) is 1.37. The van der Waals surface area contributed by atoms with E-state index in [4.69, 9.17) is 27.9 Å². The van der Waals surface area contributed by atoms with Crippen LogP contribution >= 0.6 is 23.2 Å². The van der Waals surface area contributed by atoms with Gasteiger partial charge in [0, 0.05) is 13.7 Å². The highest BCUT2D eigenvalue weighted by atomic mass is 35.5. The van der Waals surface area contributed by atoms with Crippen LogP contribution < -0.4 is 0 Å². The second kappa shape index (κ2) is 10.3. The molecule has 0 heterocycles. The van der Waals surface area contributed by atoms with Crippen LogP contribution in [0.3, 0.4) is 0 Å². The molecule has 0 atom stereocenters. The van der Waals surface area contributed by atoms with E-state index in [-0.39, 0.29) is 0 Å². The van der Waals surface area contributed by atoms with Gasteiger partial charge in [0.15, 0.2) is 0 Å². The molecule has 0 saturated heterocycles. The summed E-state index contributed by atoms with van der Waals surface area (Å²) in [5.74, 6) is 3.61. The van der Waals surface area contributed by atoms with E-state index < -0.39 is 0 Å². The minimum absolute atomic E-state index is 0.670. The van der Waals surface area contributed by atoms with Crippen molar-refractivity contribution in [1.29, 1.82) is 0 Å². The Kier molecular flexibility index (Phi) is 8.15. The number of unbranched alkanes of at least 4 members (excludes halogenated alkanes) is 1. The first kappa shape index (κ1) is 20.5. The van der Waals surface area contributed by atoms with Gasteiger partial charge in [-0.2, -0.15) is 0 Å². The SMILES string of the molecule is COCCCC[C@H]1CC[C@H]([C@H]2CC[C@H](c3ccc(Cl)c(Cl)c3)CC2)CC1. The van der Waals surface area contributed by atoms with Crippen molar-refractivity contribution in [2.24, 2.45) is 17.8 Å². The maximum Gasteiger partial charge on any atom is 0.0595 e. The molecule has 3 heteroatoms. The van der Waals surface area contributed by atoms with Crippen molar-refractivity contribution in [1.82, 2.24) is 0 Å². The van der Waals surface area contributed by atoms with Crippen LogP contribution in [0.1, 0.15) is 82.1 Å². The van der Waals surface area contributed by atoms with Gasteiger partial charge in [-0.1, -0.05) is 55.0 Å². The van der Waals surface area contributed by atoms with Crippen LogP contribution in [-0.4, -0.2) is 13.7 Å². The number of methoxy groups -OCH3 is 1. The number of rotatable bonds is 7. The van der Waals surface area contributed by atoms with Gasteiger partial charge in [-0.15, -0.1) is 0 Å². The van der Waals surface area contributed by atoms with Crippen LogP contribution in [0.4, 0.5) is 0 Å². The van der Waals surface area contributed by atoms with Crippen molar-refractivity contribution in [3.8, 4) is 0 Å². The molecule has 0 radical (unpaired) electrons. The molecule has 146 valence electrons. The predicted molar refractivity (Wildman–Crippen MR) is 112 cm³/mol. The van der Waals surface area contributed by atoms with Crippen LogP contribution in [0.15, 0.2) is 18.2 Å². The van der Waals surface area contributed by atoms with Gasteiger partial charge in [-0.25, -0.2) is 0 Å². The van der Waals surface area contributed by atoms with Crippen molar-refractivity contribution >= 4 is 23.2 Å². The Balaban J connectivity index is 1.39. The van der Waals surface area contributed by atoms with Crippen molar-refractivity contribution in [3.63, 3.8) is 0 Å². The number of halogens is 2. The number of hydrogen-bond acceptors (Lipinski definition) is 1. The molecule has 0 N–H and O–H groups in total. The fourth-order valence-electron chi connectivity index (χ4n) is 5.32. The smallest absolute Gasteiger partial charge is 0.0595 e. The number of ether oxygens (including phenoxy) is 1. The lowest BCUT2D eigenvalue weighted by molar-refractivity contribution is 0.151. The van der Waals surface area contributed by atoms with Crippen molar-refractivity contribution < 1.29 is 4.74 Å². The Morgan fingerprint density at radius 1 is 0.846 bits per heavy atom. The van der Waals surface area contributed by atoms with Gasteiger partial charge in [-0.3, -0.25) is 0 Å². The third-order valence-corrected chi connectivity index (χ3v) is 7.69. The minimum atomic E-state index is 0.670. The summed E-state index contributed by atoms with van der Waals surface area (Å²) in [6, 6.07) is 6.22. The summed E-state index contributed by atoms with van der Waals surface area (Å²) in [6.45, 7) is 0.928. The summed E-state index contributed by atoms with van der Waals surface area (Å²) in [4.78, 5) is 0. The van der Waals surface area contributed by atoms with E-state index in [1.54, 1.807) is 0 Å².